The maximum atomic E-state index is 12.2. The second kappa shape index (κ2) is 6.53. The number of carbonyl (C=O) groups excluding carboxylic acids is 1. The third kappa shape index (κ3) is 3.95. The van der Waals surface area contributed by atoms with Crippen LogP contribution >= 0.6 is 0 Å². The minimum Gasteiger partial charge on any atom is -0.468 e. The summed E-state index contributed by atoms with van der Waals surface area (Å²) in [6, 6.07) is 0. The zero-order chi connectivity index (χ0) is 13.8. The van der Waals surface area contributed by atoms with Gasteiger partial charge < -0.3 is 15.0 Å². The first kappa shape index (κ1) is 15.4. The zero-order valence-electron chi connectivity index (χ0n) is 12.5. The van der Waals surface area contributed by atoms with Crippen LogP contribution in [0, 0.1) is 11.8 Å². The van der Waals surface area contributed by atoms with Gasteiger partial charge in [-0.15, -0.1) is 0 Å². The van der Waals surface area contributed by atoms with Gasteiger partial charge in [0.1, 0.15) is 5.54 Å². The van der Waals surface area contributed by atoms with Crippen molar-refractivity contribution >= 4 is 5.97 Å². The highest BCUT2D eigenvalue weighted by atomic mass is 16.5. The number of ether oxygens (including phenoxy) is 1. The molecule has 1 rings (SSSR count). The van der Waals surface area contributed by atoms with E-state index in [1.54, 1.807) is 0 Å². The number of nitrogens with zero attached hydrogens (tertiary/aromatic N) is 1. The molecule has 1 N–H and O–H groups in total. The molecule has 106 valence electrons. The van der Waals surface area contributed by atoms with Gasteiger partial charge in [0.05, 0.1) is 7.11 Å². The van der Waals surface area contributed by atoms with Gasteiger partial charge in [-0.25, -0.2) is 0 Å². The summed E-state index contributed by atoms with van der Waals surface area (Å²) in [4.78, 5) is 14.3. The van der Waals surface area contributed by atoms with Crippen LogP contribution in [0.5, 0.6) is 0 Å². The number of methoxy groups -OCH3 is 1. The van der Waals surface area contributed by atoms with E-state index in [0.29, 0.717) is 11.8 Å². The van der Waals surface area contributed by atoms with E-state index in [1.165, 1.54) is 13.5 Å². The molecule has 4 heteroatoms. The first-order chi connectivity index (χ1) is 8.39. The van der Waals surface area contributed by atoms with E-state index in [1.807, 2.05) is 14.1 Å². The fourth-order valence-corrected chi connectivity index (χ4v) is 3.22. The van der Waals surface area contributed by atoms with Gasteiger partial charge in [0.15, 0.2) is 0 Å². The van der Waals surface area contributed by atoms with Crippen molar-refractivity contribution in [2.24, 2.45) is 11.8 Å². The summed E-state index contributed by atoms with van der Waals surface area (Å²) in [5, 5.41) is 3.46. The molecule has 0 radical (unpaired) electrons. The van der Waals surface area contributed by atoms with Gasteiger partial charge in [-0.1, -0.05) is 13.8 Å². The van der Waals surface area contributed by atoms with Crippen LogP contribution in [0.3, 0.4) is 0 Å². The number of hydrogen-bond acceptors (Lipinski definition) is 4. The predicted octanol–water partition coefficient (Wildman–Crippen LogP) is 1.51. The van der Waals surface area contributed by atoms with E-state index in [0.717, 1.165) is 25.9 Å². The van der Waals surface area contributed by atoms with Crippen molar-refractivity contribution in [2.75, 3.05) is 34.3 Å². The lowest BCUT2D eigenvalue weighted by Gasteiger charge is -2.41. The summed E-state index contributed by atoms with van der Waals surface area (Å²) in [6.07, 6.45) is 2.98. The van der Waals surface area contributed by atoms with Gasteiger partial charge in [0, 0.05) is 13.1 Å². The van der Waals surface area contributed by atoms with Crippen molar-refractivity contribution < 1.29 is 9.53 Å². The van der Waals surface area contributed by atoms with Gasteiger partial charge in [-0.2, -0.15) is 0 Å². The first-order valence-electron chi connectivity index (χ1n) is 6.88. The molecule has 18 heavy (non-hydrogen) atoms. The Bertz CT molecular complexity index is 269. The third-order valence-electron chi connectivity index (χ3n) is 3.80. The van der Waals surface area contributed by atoms with E-state index < -0.39 is 5.54 Å². The molecule has 0 heterocycles. The SMILES string of the molecule is COC(=O)C1(NCCN(C)C)CC(C)CC(C)C1. The van der Waals surface area contributed by atoms with E-state index in [2.05, 4.69) is 24.1 Å². The Kier molecular flexibility index (Phi) is 5.60. The smallest absolute Gasteiger partial charge is 0.326 e. The van der Waals surface area contributed by atoms with Crippen LogP contribution in [-0.4, -0.2) is 50.7 Å². The van der Waals surface area contributed by atoms with Gasteiger partial charge >= 0.3 is 5.97 Å². The molecule has 1 saturated carbocycles. The Balaban J connectivity index is 2.72. The van der Waals surface area contributed by atoms with Gasteiger partial charge in [0.2, 0.25) is 0 Å². The summed E-state index contributed by atoms with van der Waals surface area (Å²) in [5.41, 5.74) is -0.470. The largest absolute Gasteiger partial charge is 0.468 e. The molecule has 0 aromatic rings. The fourth-order valence-electron chi connectivity index (χ4n) is 3.22. The van der Waals surface area contributed by atoms with Gasteiger partial charge in [-0.05, 0) is 45.2 Å². The summed E-state index contributed by atoms with van der Waals surface area (Å²) >= 11 is 0. The molecule has 1 fully saturated rings. The maximum absolute atomic E-state index is 12.2. The molecule has 0 bridgehead atoms. The van der Waals surface area contributed by atoms with Crippen LogP contribution in [0.15, 0.2) is 0 Å². The van der Waals surface area contributed by atoms with E-state index >= 15 is 0 Å². The zero-order valence-corrected chi connectivity index (χ0v) is 12.5. The highest BCUT2D eigenvalue weighted by Gasteiger charge is 2.44. The molecule has 0 aromatic carbocycles. The van der Waals surface area contributed by atoms with Crippen LogP contribution in [0.1, 0.15) is 33.1 Å². The number of rotatable bonds is 5. The molecular formula is C14H28N2O2. The minimum atomic E-state index is -0.470. The Morgan fingerprint density at radius 1 is 1.33 bits per heavy atom. The summed E-state index contributed by atoms with van der Waals surface area (Å²) in [6.45, 7) is 6.20. The molecule has 2 unspecified atom stereocenters. The van der Waals surface area contributed by atoms with E-state index in [9.17, 15) is 4.79 Å². The lowest BCUT2D eigenvalue weighted by Crippen LogP contribution is -2.57. The highest BCUT2D eigenvalue weighted by molar-refractivity contribution is 5.81. The fraction of sp³-hybridized carbons (Fsp3) is 0.929. The number of esters is 1. The van der Waals surface area contributed by atoms with Gasteiger partial charge in [0.25, 0.3) is 0 Å². The van der Waals surface area contributed by atoms with Crippen LogP contribution in [0.2, 0.25) is 0 Å². The van der Waals surface area contributed by atoms with Crippen molar-refractivity contribution in [1.29, 1.82) is 0 Å². The molecule has 2 atom stereocenters. The predicted molar refractivity (Wildman–Crippen MR) is 73.5 cm³/mol. The number of hydrogen-bond donors (Lipinski definition) is 1. The quantitative estimate of drug-likeness (QED) is 0.757. The van der Waals surface area contributed by atoms with Crippen LogP contribution in [0.4, 0.5) is 0 Å². The van der Waals surface area contributed by atoms with Crippen LogP contribution < -0.4 is 5.32 Å². The maximum Gasteiger partial charge on any atom is 0.326 e. The normalized spacial score (nSPS) is 32.6. The monoisotopic (exact) mass is 256 g/mol. The van der Waals surface area contributed by atoms with Crippen LogP contribution in [-0.2, 0) is 9.53 Å². The number of nitrogens with one attached hydrogen (secondary N) is 1. The molecule has 1 aliphatic carbocycles. The second-order valence-corrected chi connectivity index (χ2v) is 6.16. The van der Waals surface area contributed by atoms with E-state index in [-0.39, 0.29) is 5.97 Å². The van der Waals surface area contributed by atoms with Crippen molar-refractivity contribution in [3.8, 4) is 0 Å². The summed E-state index contributed by atoms with van der Waals surface area (Å²) in [7, 11) is 5.57. The Labute approximate surface area is 111 Å². The molecule has 0 amide bonds. The average Bonchev–Trinajstić information content (AvgIpc) is 2.26. The molecule has 4 nitrogen and oxygen atoms in total. The standard InChI is InChI=1S/C14H28N2O2/c1-11-8-12(2)10-14(9-11,13(17)18-5)15-6-7-16(3)4/h11-12,15H,6-10H2,1-5H3. The minimum absolute atomic E-state index is 0.0975. The Morgan fingerprint density at radius 3 is 2.33 bits per heavy atom. The third-order valence-corrected chi connectivity index (χ3v) is 3.80. The molecular weight excluding hydrogens is 228 g/mol. The van der Waals surface area contributed by atoms with Crippen molar-refractivity contribution in [1.82, 2.24) is 10.2 Å². The lowest BCUT2D eigenvalue weighted by atomic mass is 9.71. The first-order valence-corrected chi connectivity index (χ1v) is 6.88. The van der Waals surface area contributed by atoms with Crippen molar-refractivity contribution in [3.63, 3.8) is 0 Å². The molecule has 1 aliphatic rings. The molecule has 0 spiro atoms. The number of likely N-dealkylation sites (N-methyl/N-ethyl adjacent to an activating group) is 1. The van der Waals surface area contributed by atoms with E-state index in [4.69, 9.17) is 4.74 Å². The topological polar surface area (TPSA) is 41.6 Å². The molecule has 0 aliphatic heterocycles. The lowest BCUT2D eigenvalue weighted by molar-refractivity contribution is -0.151. The van der Waals surface area contributed by atoms with Crippen LogP contribution in [0.25, 0.3) is 0 Å². The summed E-state index contributed by atoms with van der Waals surface area (Å²) in [5.74, 6) is 1.04. The van der Waals surface area contributed by atoms with Crippen molar-refractivity contribution in [2.45, 2.75) is 38.6 Å². The summed E-state index contributed by atoms with van der Waals surface area (Å²) < 4.78 is 5.03. The molecule has 0 saturated heterocycles. The number of carbonyl (C=O) groups is 1. The Hall–Kier alpha value is -0.610. The van der Waals surface area contributed by atoms with Gasteiger partial charge in [-0.3, -0.25) is 4.79 Å². The molecule has 0 aromatic heterocycles. The Morgan fingerprint density at radius 2 is 1.89 bits per heavy atom. The highest BCUT2D eigenvalue weighted by Crippen LogP contribution is 2.36. The average molecular weight is 256 g/mol. The van der Waals surface area contributed by atoms with Crippen molar-refractivity contribution in [3.05, 3.63) is 0 Å². The second-order valence-electron chi connectivity index (χ2n) is 6.16.